The lowest BCUT2D eigenvalue weighted by atomic mass is 10.1. The first-order chi connectivity index (χ1) is 9.11. The number of anilines is 1. The largest absolute Gasteiger partial charge is 0.268 e. The molecule has 0 saturated heterocycles. The van der Waals surface area contributed by atoms with Gasteiger partial charge in [-0.25, -0.2) is 4.90 Å². The van der Waals surface area contributed by atoms with Crippen molar-refractivity contribution in [3.8, 4) is 0 Å². The van der Waals surface area contributed by atoms with Crippen molar-refractivity contribution < 1.29 is 9.59 Å². The molecule has 0 bridgehead atoms. The second-order valence-corrected chi connectivity index (χ2v) is 5.19. The molecule has 1 aliphatic rings. The summed E-state index contributed by atoms with van der Waals surface area (Å²) < 4.78 is 0.768. The van der Waals surface area contributed by atoms with Crippen LogP contribution >= 0.6 is 15.9 Å². The highest BCUT2D eigenvalue weighted by molar-refractivity contribution is 9.10. The molecule has 0 spiro atoms. The molecule has 0 saturated carbocycles. The average molecular weight is 316 g/mol. The number of carbonyl (C=O) groups excluding carboxylic acids is 2. The van der Waals surface area contributed by atoms with Crippen molar-refractivity contribution in [1.82, 2.24) is 0 Å². The number of aryl methyl sites for hydroxylation is 1. The number of imide groups is 1. The van der Waals surface area contributed by atoms with Crippen molar-refractivity contribution in [3.63, 3.8) is 0 Å². The predicted octanol–water partition coefficient (Wildman–Crippen LogP) is 3.56. The Hall–Kier alpha value is -1.94. The summed E-state index contributed by atoms with van der Waals surface area (Å²) in [5.74, 6) is -0.543. The van der Waals surface area contributed by atoms with Gasteiger partial charge in [0.05, 0.1) is 16.8 Å². The van der Waals surface area contributed by atoms with Crippen LogP contribution in [0.4, 0.5) is 5.69 Å². The third kappa shape index (κ3) is 1.71. The summed E-state index contributed by atoms with van der Waals surface area (Å²) in [6.45, 7) is 1.92. The maximum absolute atomic E-state index is 12.4. The highest BCUT2D eigenvalue weighted by Gasteiger charge is 2.37. The van der Waals surface area contributed by atoms with Gasteiger partial charge in [0, 0.05) is 4.47 Å². The van der Waals surface area contributed by atoms with Crippen LogP contribution in [0.1, 0.15) is 26.3 Å². The number of carbonyl (C=O) groups is 2. The molecule has 0 unspecified atom stereocenters. The summed E-state index contributed by atoms with van der Waals surface area (Å²) >= 11 is 3.44. The van der Waals surface area contributed by atoms with E-state index in [0.29, 0.717) is 16.8 Å². The number of hydrogen-bond acceptors (Lipinski definition) is 2. The van der Waals surface area contributed by atoms with E-state index in [1.807, 2.05) is 19.1 Å². The normalized spacial score (nSPS) is 13.9. The van der Waals surface area contributed by atoms with Gasteiger partial charge >= 0.3 is 0 Å². The molecule has 2 aromatic carbocycles. The highest BCUT2D eigenvalue weighted by atomic mass is 79.9. The van der Waals surface area contributed by atoms with Crippen molar-refractivity contribution in [1.29, 1.82) is 0 Å². The topological polar surface area (TPSA) is 37.4 Å². The Morgan fingerprint density at radius 2 is 1.47 bits per heavy atom. The van der Waals surface area contributed by atoms with Crippen LogP contribution in [0.25, 0.3) is 0 Å². The van der Waals surface area contributed by atoms with Crippen LogP contribution in [0.2, 0.25) is 0 Å². The van der Waals surface area contributed by atoms with E-state index in [2.05, 4.69) is 15.9 Å². The van der Waals surface area contributed by atoms with Crippen molar-refractivity contribution in [3.05, 3.63) is 63.6 Å². The third-order valence-electron chi connectivity index (χ3n) is 3.21. The Bertz CT molecular complexity index is 674. The fraction of sp³-hybridized carbons (Fsp3) is 0.0667. The minimum atomic E-state index is -0.271. The zero-order chi connectivity index (χ0) is 13.6. The Labute approximate surface area is 119 Å². The van der Waals surface area contributed by atoms with E-state index in [4.69, 9.17) is 0 Å². The van der Waals surface area contributed by atoms with Gasteiger partial charge in [-0.1, -0.05) is 24.3 Å². The summed E-state index contributed by atoms with van der Waals surface area (Å²) in [4.78, 5) is 25.9. The first-order valence-corrected chi connectivity index (χ1v) is 6.63. The molecule has 0 fully saturated rings. The minimum Gasteiger partial charge on any atom is -0.268 e. The van der Waals surface area contributed by atoms with Crippen molar-refractivity contribution >= 4 is 33.4 Å². The fourth-order valence-corrected chi connectivity index (χ4v) is 2.65. The highest BCUT2D eigenvalue weighted by Crippen LogP contribution is 2.34. The van der Waals surface area contributed by atoms with Gasteiger partial charge in [0.25, 0.3) is 11.8 Å². The Morgan fingerprint density at radius 1 is 0.895 bits per heavy atom. The summed E-state index contributed by atoms with van der Waals surface area (Å²) in [5.41, 5.74) is 2.49. The molecule has 1 heterocycles. The van der Waals surface area contributed by atoms with Gasteiger partial charge in [0.15, 0.2) is 0 Å². The molecule has 0 aliphatic carbocycles. The first kappa shape index (κ1) is 12.1. The molecule has 0 aromatic heterocycles. The lowest BCUT2D eigenvalue weighted by molar-refractivity contribution is 0.0926. The summed E-state index contributed by atoms with van der Waals surface area (Å²) in [6.07, 6.45) is 0. The number of fused-ring (bicyclic) bond motifs is 1. The van der Waals surface area contributed by atoms with E-state index in [1.54, 1.807) is 30.3 Å². The van der Waals surface area contributed by atoms with E-state index in [0.717, 1.165) is 10.0 Å². The van der Waals surface area contributed by atoms with Gasteiger partial charge in [0.1, 0.15) is 0 Å². The van der Waals surface area contributed by atoms with Crippen LogP contribution in [0.15, 0.2) is 46.9 Å². The van der Waals surface area contributed by atoms with E-state index in [-0.39, 0.29) is 11.8 Å². The number of halogens is 1. The molecule has 3 rings (SSSR count). The summed E-state index contributed by atoms with van der Waals surface area (Å²) in [6, 6.07) is 12.4. The second kappa shape index (κ2) is 4.31. The molecular weight excluding hydrogens is 306 g/mol. The summed E-state index contributed by atoms with van der Waals surface area (Å²) in [5, 5.41) is 0. The molecule has 0 N–H and O–H groups in total. The van der Waals surface area contributed by atoms with Crippen LogP contribution < -0.4 is 4.90 Å². The third-order valence-corrected chi connectivity index (χ3v) is 4.24. The Balaban J connectivity index is 2.17. The quantitative estimate of drug-likeness (QED) is 0.755. The van der Waals surface area contributed by atoms with Crippen molar-refractivity contribution in [2.24, 2.45) is 0 Å². The van der Waals surface area contributed by atoms with E-state index >= 15 is 0 Å². The number of benzene rings is 2. The smallest absolute Gasteiger partial charge is 0.266 e. The van der Waals surface area contributed by atoms with Gasteiger partial charge in [-0.15, -0.1) is 0 Å². The molecule has 94 valence electrons. The molecular formula is C15H10BrNO2. The van der Waals surface area contributed by atoms with Gasteiger partial charge in [-0.2, -0.15) is 0 Å². The lowest BCUT2D eigenvalue weighted by Gasteiger charge is -2.16. The predicted molar refractivity (Wildman–Crippen MR) is 76.5 cm³/mol. The maximum Gasteiger partial charge on any atom is 0.266 e. The van der Waals surface area contributed by atoms with E-state index < -0.39 is 0 Å². The maximum atomic E-state index is 12.4. The van der Waals surface area contributed by atoms with Gasteiger partial charge in [0.2, 0.25) is 0 Å². The van der Waals surface area contributed by atoms with Crippen LogP contribution in [0.3, 0.4) is 0 Å². The first-order valence-electron chi connectivity index (χ1n) is 5.84. The van der Waals surface area contributed by atoms with Crippen molar-refractivity contribution in [2.45, 2.75) is 6.92 Å². The fourth-order valence-electron chi connectivity index (χ4n) is 2.21. The molecule has 0 radical (unpaired) electrons. The average Bonchev–Trinajstić information content (AvgIpc) is 2.67. The minimum absolute atomic E-state index is 0.271. The monoisotopic (exact) mass is 315 g/mol. The van der Waals surface area contributed by atoms with Gasteiger partial charge in [-0.3, -0.25) is 9.59 Å². The zero-order valence-electron chi connectivity index (χ0n) is 10.2. The van der Waals surface area contributed by atoms with E-state index in [1.165, 1.54) is 4.90 Å². The number of hydrogen-bond donors (Lipinski definition) is 0. The zero-order valence-corrected chi connectivity index (χ0v) is 11.8. The Kier molecular flexibility index (Phi) is 2.75. The Morgan fingerprint density at radius 3 is 2.05 bits per heavy atom. The molecule has 1 aliphatic heterocycles. The van der Waals surface area contributed by atoms with Crippen LogP contribution in [0, 0.1) is 6.92 Å². The molecule has 19 heavy (non-hydrogen) atoms. The van der Waals surface area contributed by atoms with Crippen LogP contribution in [0.5, 0.6) is 0 Å². The lowest BCUT2D eigenvalue weighted by Crippen LogP contribution is -2.29. The van der Waals surface area contributed by atoms with Gasteiger partial charge in [-0.05, 0) is 46.6 Å². The standard InChI is InChI=1S/C15H10BrNO2/c1-9-5-4-8-12(13(9)16)17-14(18)10-6-2-3-7-11(10)15(17)19/h2-8H,1H3. The summed E-state index contributed by atoms with van der Waals surface area (Å²) in [7, 11) is 0. The number of amides is 2. The van der Waals surface area contributed by atoms with Crippen molar-refractivity contribution in [2.75, 3.05) is 4.90 Å². The molecule has 3 nitrogen and oxygen atoms in total. The van der Waals surface area contributed by atoms with Crippen LogP contribution in [-0.4, -0.2) is 11.8 Å². The molecule has 4 heteroatoms. The molecule has 2 amide bonds. The number of nitrogens with zero attached hydrogens (tertiary/aromatic N) is 1. The second-order valence-electron chi connectivity index (χ2n) is 4.40. The number of rotatable bonds is 1. The van der Waals surface area contributed by atoms with Crippen LogP contribution in [-0.2, 0) is 0 Å². The molecule has 2 aromatic rings. The van der Waals surface area contributed by atoms with E-state index in [9.17, 15) is 9.59 Å². The van der Waals surface area contributed by atoms with Gasteiger partial charge < -0.3 is 0 Å². The molecule has 0 atom stereocenters. The SMILES string of the molecule is Cc1cccc(N2C(=O)c3ccccc3C2=O)c1Br.